The molecule has 19 heavy (non-hydrogen) atoms. The monoisotopic (exact) mass is 265 g/mol. The molecule has 0 unspecified atom stereocenters. The highest BCUT2D eigenvalue weighted by Gasteiger charge is 2.23. The van der Waals surface area contributed by atoms with E-state index >= 15 is 0 Å². The summed E-state index contributed by atoms with van der Waals surface area (Å²) in [5.74, 6) is -1.17. The second kappa shape index (κ2) is 4.60. The number of rotatable bonds is 3. The highest BCUT2D eigenvalue weighted by molar-refractivity contribution is 5.97. The lowest BCUT2D eigenvalue weighted by Gasteiger charge is -1.97. The summed E-state index contributed by atoms with van der Waals surface area (Å²) in [6.07, 6.45) is 0. The minimum atomic E-state index is -0.703. The maximum atomic E-state index is 11.6. The van der Waals surface area contributed by atoms with Crippen LogP contribution in [0.4, 0.5) is 5.69 Å². The van der Waals surface area contributed by atoms with E-state index in [1.54, 1.807) is 13.8 Å². The van der Waals surface area contributed by atoms with E-state index in [0.29, 0.717) is 10.9 Å². The summed E-state index contributed by atoms with van der Waals surface area (Å²) in [5.41, 5.74) is 0.201. The predicted octanol–water partition coefficient (Wildman–Crippen LogP) is 2.53. The normalized spacial score (nSPS) is 10.6. The molecule has 1 aromatic carbocycles. The number of nitrogens with zero attached hydrogens (tertiary/aromatic N) is 1. The molecule has 2 rings (SSSR count). The van der Waals surface area contributed by atoms with Crippen LogP contribution >= 0.6 is 0 Å². The molecule has 0 spiro atoms. The summed E-state index contributed by atoms with van der Waals surface area (Å²) < 4.78 is 10.1. The highest BCUT2D eigenvalue weighted by Crippen LogP contribution is 2.35. The van der Waals surface area contributed by atoms with E-state index in [1.807, 2.05) is 0 Å². The van der Waals surface area contributed by atoms with Crippen LogP contribution in [-0.4, -0.2) is 22.6 Å². The molecule has 7 heteroatoms. The number of esters is 1. The number of aryl methyl sites for hydroxylation is 1. The van der Waals surface area contributed by atoms with Gasteiger partial charge in [-0.1, -0.05) is 0 Å². The van der Waals surface area contributed by atoms with Crippen molar-refractivity contribution in [3.63, 3.8) is 0 Å². The molecule has 0 amide bonds. The molecule has 0 aliphatic heterocycles. The van der Waals surface area contributed by atoms with Crippen LogP contribution in [0.2, 0.25) is 0 Å². The Hall–Kier alpha value is -2.57. The lowest BCUT2D eigenvalue weighted by molar-refractivity contribution is -0.385. The lowest BCUT2D eigenvalue weighted by Crippen LogP contribution is -2.04. The topological polar surface area (TPSA) is 103 Å². The Kier molecular flexibility index (Phi) is 3.12. The van der Waals surface area contributed by atoms with E-state index < -0.39 is 22.3 Å². The number of fused-ring (bicyclic) bond motifs is 1. The number of nitro groups is 1. The summed E-state index contributed by atoms with van der Waals surface area (Å²) in [6, 6.07) is 2.29. The van der Waals surface area contributed by atoms with Crippen molar-refractivity contribution in [3.8, 4) is 5.75 Å². The average molecular weight is 265 g/mol. The molecule has 7 nitrogen and oxygen atoms in total. The third kappa shape index (κ3) is 2.10. The summed E-state index contributed by atoms with van der Waals surface area (Å²) in [7, 11) is 0. The number of carbonyl (C=O) groups is 1. The average Bonchev–Trinajstić information content (AvgIpc) is 2.65. The highest BCUT2D eigenvalue weighted by atomic mass is 16.6. The van der Waals surface area contributed by atoms with Crippen LogP contribution in [0.1, 0.15) is 23.0 Å². The summed E-state index contributed by atoms with van der Waals surface area (Å²) in [4.78, 5) is 21.7. The second-order valence-corrected chi connectivity index (χ2v) is 3.87. The first-order valence-electron chi connectivity index (χ1n) is 5.53. The zero-order valence-corrected chi connectivity index (χ0v) is 10.3. The molecular formula is C12H11NO6. The van der Waals surface area contributed by atoms with Gasteiger partial charge < -0.3 is 14.3 Å². The van der Waals surface area contributed by atoms with Crippen LogP contribution in [0, 0.1) is 17.0 Å². The van der Waals surface area contributed by atoms with Crippen LogP contribution in [-0.2, 0) is 4.74 Å². The number of carbonyl (C=O) groups excluding carboxylic acids is 1. The largest absolute Gasteiger partial charge is 0.502 e. The van der Waals surface area contributed by atoms with E-state index in [4.69, 9.17) is 9.15 Å². The van der Waals surface area contributed by atoms with E-state index in [0.717, 1.165) is 6.07 Å². The number of furan rings is 1. The molecule has 0 atom stereocenters. The van der Waals surface area contributed by atoms with Gasteiger partial charge in [0, 0.05) is 23.1 Å². The number of hydrogen-bond donors (Lipinski definition) is 1. The van der Waals surface area contributed by atoms with Gasteiger partial charge in [-0.15, -0.1) is 0 Å². The molecule has 100 valence electrons. The first-order valence-corrected chi connectivity index (χ1v) is 5.53. The molecule has 0 radical (unpaired) electrons. The Labute approximate surface area is 107 Å². The summed E-state index contributed by atoms with van der Waals surface area (Å²) >= 11 is 0. The van der Waals surface area contributed by atoms with Gasteiger partial charge in [-0.3, -0.25) is 10.1 Å². The van der Waals surface area contributed by atoms with E-state index in [1.165, 1.54) is 6.07 Å². The number of nitro benzene ring substituents is 1. The van der Waals surface area contributed by atoms with Crippen molar-refractivity contribution in [1.82, 2.24) is 0 Å². The van der Waals surface area contributed by atoms with Crippen LogP contribution in [0.3, 0.4) is 0 Å². The third-order valence-electron chi connectivity index (χ3n) is 2.69. The van der Waals surface area contributed by atoms with Gasteiger partial charge in [0.1, 0.15) is 5.58 Å². The first kappa shape index (κ1) is 12.9. The number of ether oxygens (including phenoxy) is 1. The Bertz CT molecular complexity index is 672. The number of phenolic OH excluding ortho intramolecular Hbond substituents is 1. The number of benzene rings is 1. The van der Waals surface area contributed by atoms with Crippen molar-refractivity contribution in [1.29, 1.82) is 0 Å². The van der Waals surface area contributed by atoms with Gasteiger partial charge in [-0.05, 0) is 13.8 Å². The van der Waals surface area contributed by atoms with Crippen LogP contribution < -0.4 is 0 Å². The second-order valence-electron chi connectivity index (χ2n) is 3.87. The standard InChI is InChI=1S/C12H11NO6/c1-3-18-12(15)11-6(2)7-4-8(13(16)17)9(14)5-10(7)19-11/h4-5,14H,3H2,1-2H3. The minimum Gasteiger partial charge on any atom is -0.502 e. The quantitative estimate of drug-likeness (QED) is 0.519. The molecule has 0 aliphatic rings. The SMILES string of the molecule is CCOC(=O)c1oc2cc(O)c([N+](=O)[O-])cc2c1C. The van der Waals surface area contributed by atoms with Crippen LogP contribution in [0.5, 0.6) is 5.75 Å². The van der Waals surface area contributed by atoms with Crippen molar-refractivity contribution in [3.05, 3.63) is 33.6 Å². The fourth-order valence-corrected chi connectivity index (χ4v) is 1.78. The van der Waals surface area contributed by atoms with E-state index in [2.05, 4.69) is 0 Å². The van der Waals surface area contributed by atoms with Gasteiger partial charge in [0.15, 0.2) is 5.75 Å². The number of hydrogen-bond acceptors (Lipinski definition) is 6. The number of aromatic hydroxyl groups is 1. The smallest absolute Gasteiger partial charge is 0.374 e. The summed E-state index contributed by atoms with van der Waals surface area (Å²) in [6.45, 7) is 3.45. The van der Waals surface area contributed by atoms with Crippen LogP contribution in [0.15, 0.2) is 16.5 Å². The molecule has 0 fully saturated rings. The van der Waals surface area contributed by atoms with E-state index in [-0.39, 0.29) is 18.0 Å². The Morgan fingerprint density at radius 3 is 2.79 bits per heavy atom. The molecule has 2 aromatic rings. The molecule has 0 aliphatic carbocycles. The van der Waals surface area contributed by atoms with Gasteiger partial charge in [0.25, 0.3) is 0 Å². The Balaban J connectivity index is 2.64. The Morgan fingerprint density at radius 1 is 1.53 bits per heavy atom. The lowest BCUT2D eigenvalue weighted by atomic mass is 10.1. The molecule has 0 bridgehead atoms. The zero-order chi connectivity index (χ0) is 14.2. The molecule has 0 saturated heterocycles. The van der Waals surface area contributed by atoms with Crippen molar-refractivity contribution >= 4 is 22.6 Å². The van der Waals surface area contributed by atoms with Crippen molar-refractivity contribution in [2.75, 3.05) is 6.61 Å². The zero-order valence-electron chi connectivity index (χ0n) is 10.3. The van der Waals surface area contributed by atoms with Crippen LogP contribution in [0.25, 0.3) is 11.0 Å². The fraction of sp³-hybridized carbons (Fsp3) is 0.250. The van der Waals surface area contributed by atoms with Crippen molar-refractivity contribution < 1.29 is 24.0 Å². The molecule has 1 N–H and O–H groups in total. The molecule has 1 heterocycles. The maximum Gasteiger partial charge on any atom is 0.374 e. The maximum absolute atomic E-state index is 11.6. The first-order chi connectivity index (χ1) is 8.95. The summed E-state index contributed by atoms with van der Waals surface area (Å²) in [5, 5.41) is 20.6. The van der Waals surface area contributed by atoms with Gasteiger partial charge in [0.05, 0.1) is 11.5 Å². The minimum absolute atomic E-state index is 0.0169. The van der Waals surface area contributed by atoms with E-state index in [9.17, 15) is 20.0 Å². The third-order valence-corrected chi connectivity index (χ3v) is 2.69. The van der Waals surface area contributed by atoms with Gasteiger partial charge in [-0.25, -0.2) is 4.79 Å². The molecular weight excluding hydrogens is 254 g/mol. The van der Waals surface area contributed by atoms with Crippen molar-refractivity contribution in [2.24, 2.45) is 0 Å². The van der Waals surface area contributed by atoms with Gasteiger partial charge >= 0.3 is 11.7 Å². The number of phenols is 1. The van der Waals surface area contributed by atoms with Gasteiger partial charge in [-0.2, -0.15) is 0 Å². The molecule has 1 aromatic heterocycles. The predicted molar refractivity (Wildman–Crippen MR) is 65.2 cm³/mol. The fourth-order valence-electron chi connectivity index (χ4n) is 1.78. The van der Waals surface area contributed by atoms with Gasteiger partial charge in [0.2, 0.25) is 5.76 Å². The Morgan fingerprint density at radius 2 is 2.21 bits per heavy atom. The molecule has 0 saturated carbocycles. The van der Waals surface area contributed by atoms with Crippen molar-refractivity contribution in [2.45, 2.75) is 13.8 Å².